The van der Waals surface area contributed by atoms with Crippen LogP contribution in [-0.2, 0) is 14.8 Å². The zero-order valence-electron chi connectivity index (χ0n) is 15.5. The number of rotatable bonds is 3. The minimum absolute atomic E-state index is 0.0111. The lowest BCUT2D eigenvalue weighted by Crippen LogP contribution is -2.50. The average molecular weight is 429 g/mol. The van der Waals surface area contributed by atoms with Crippen LogP contribution in [0.2, 0.25) is 0 Å². The molecule has 1 aromatic carbocycles. The van der Waals surface area contributed by atoms with Crippen LogP contribution in [0.25, 0.3) is 5.57 Å². The molecule has 2 aliphatic heterocycles. The van der Waals surface area contributed by atoms with Crippen molar-refractivity contribution in [3.63, 3.8) is 0 Å². The van der Waals surface area contributed by atoms with E-state index in [1.165, 1.54) is 12.4 Å². The van der Waals surface area contributed by atoms with Crippen LogP contribution in [0.3, 0.4) is 0 Å². The van der Waals surface area contributed by atoms with Crippen LogP contribution in [0.5, 0.6) is 0 Å². The van der Waals surface area contributed by atoms with Gasteiger partial charge in [-0.2, -0.15) is 0 Å². The Morgan fingerprint density at radius 3 is 2.73 bits per heavy atom. The summed E-state index contributed by atoms with van der Waals surface area (Å²) in [5, 5.41) is 2.40. The Morgan fingerprint density at radius 1 is 1.27 bits per heavy atom. The number of anilines is 1. The molecule has 3 amide bonds. The summed E-state index contributed by atoms with van der Waals surface area (Å²) in [4.78, 5) is 34.5. The summed E-state index contributed by atoms with van der Waals surface area (Å²) in [6.07, 6.45) is 7.56. The van der Waals surface area contributed by atoms with Crippen molar-refractivity contribution in [1.82, 2.24) is 19.2 Å². The molecule has 9 nitrogen and oxygen atoms in total. The Kier molecular flexibility index (Phi) is 4.10. The van der Waals surface area contributed by atoms with E-state index in [1.807, 2.05) is 6.08 Å². The number of amides is 3. The van der Waals surface area contributed by atoms with Gasteiger partial charge < -0.3 is 10.2 Å². The van der Waals surface area contributed by atoms with Crippen molar-refractivity contribution in [2.45, 2.75) is 17.4 Å². The van der Waals surface area contributed by atoms with E-state index >= 15 is 0 Å². The van der Waals surface area contributed by atoms with Gasteiger partial charge in [-0.05, 0) is 30.2 Å². The second-order valence-corrected chi connectivity index (χ2v) is 9.21. The van der Waals surface area contributed by atoms with Gasteiger partial charge in [-0.15, -0.1) is 0 Å². The number of carbonyl (C=O) groups excluding carboxylic acids is 2. The molecule has 3 aliphatic rings. The fraction of sp³-hybridized carbons (Fsp3) is 0.263. The second kappa shape index (κ2) is 6.59. The lowest BCUT2D eigenvalue weighted by Gasteiger charge is -2.31. The van der Waals surface area contributed by atoms with Gasteiger partial charge in [0, 0.05) is 30.4 Å². The van der Waals surface area contributed by atoms with Crippen LogP contribution in [0.1, 0.15) is 12.0 Å². The Bertz CT molecular complexity index is 1200. The third-order valence-electron chi connectivity index (χ3n) is 5.63. The first-order valence-corrected chi connectivity index (χ1v) is 10.7. The first kappa shape index (κ1) is 18.7. The summed E-state index contributed by atoms with van der Waals surface area (Å²) in [6.45, 7) is -0.226. The number of nitrogens with zero attached hydrogens (tertiary/aromatic N) is 4. The smallest absolute Gasteiger partial charge is 0.334 e. The third-order valence-corrected chi connectivity index (χ3v) is 7.40. The predicted octanol–water partition coefficient (Wildman–Crippen LogP) is 1.47. The normalized spacial score (nSPS) is 23.8. The van der Waals surface area contributed by atoms with Gasteiger partial charge in [0.1, 0.15) is 23.6 Å². The molecule has 1 saturated heterocycles. The molecular weight excluding hydrogens is 413 g/mol. The molecule has 1 aromatic heterocycles. The Balaban J connectivity index is 1.37. The Hall–Kier alpha value is -3.34. The van der Waals surface area contributed by atoms with E-state index < -0.39 is 34.3 Å². The molecule has 0 spiro atoms. The Morgan fingerprint density at radius 2 is 2.03 bits per heavy atom. The van der Waals surface area contributed by atoms with E-state index in [9.17, 15) is 22.4 Å². The molecule has 0 unspecified atom stereocenters. The van der Waals surface area contributed by atoms with E-state index in [2.05, 4.69) is 15.3 Å². The molecule has 5 rings (SSSR count). The number of fused-ring (bicyclic) bond motifs is 3. The number of aromatic nitrogens is 2. The molecule has 2 atom stereocenters. The maximum atomic E-state index is 13.6. The van der Waals surface area contributed by atoms with E-state index in [4.69, 9.17) is 0 Å². The number of hydrogen-bond donors (Lipinski definition) is 1. The fourth-order valence-electron chi connectivity index (χ4n) is 4.25. The quantitative estimate of drug-likeness (QED) is 0.791. The van der Waals surface area contributed by atoms with Crippen LogP contribution >= 0.6 is 0 Å². The van der Waals surface area contributed by atoms with Crippen molar-refractivity contribution in [3.05, 3.63) is 54.4 Å². The largest absolute Gasteiger partial charge is 0.336 e. The lowest BCUT2D eigenvalue weighted by molar-refractivity contribution is -0.131. The second-order valence-electron chi connectivity index (χ2n) is 7.38. The van der Waals surface area contributed by atoms with E-state index in [0.717, 1.165) is 29.7 Å². The average Bonchev–Trinajstić information content (AvgIpc) is 3.34. The zero-order valence-corrected chi connectivity index (χ0v) is 16.3. The fourth-order valence-corrected chi connectivity index (χ4v) is 5.69. The highest BCUT2D eigenvalue weighted by Crippen LogP contribution is 2.42. The van der Waals surface area contributed by atoms with Gasteiger partial charge in [-0.3, -0.25) is 4.79 Å². The standard InChI is InChI=1S/C19H16FN5O4S/c20-13-1-2-16-17(4-13)30(28,29)25(19(27)23-16)9-18(26)24-8-11-3-14(24)5-15(11)12-6-21-10-22-7-12/h1-2,4-7,10-11,14H,3,8-9H2,(H,23,27)/t11-,14-/m0/s1. The number of carbonyl (C=O) groups is 2. The molecule has 0 radical (unpaired) electrons. The van der Waals surface area contributed by atoms with Crippen LogP contribution in [0.4, 0.5) is 14.9 Å². The number of urea groups is 1. The summed E-state index contributed by atoms with van der Waals surface area (Å²) < 4.78 is 39.7. The lowest BCUT2D eigenvalue weighted by atomic mass is 9.97. The van der Waals surface area contributed by atoms with E-state index in [-0.39, 0.29) is 22.5 Å². The molecule has 3 heterocycles. The molecule has 1 aliphatic carbocycles. The number of benzene rings is 1. The minimum atomic E-state index is -4.34. The highest BCUT2D eigenvalue weighted by Gasteiger charge is 2.44. The highest BCUT2D eigenvalue weighted by atomic mass is 32.2. The summed E-state index contributed by atoms with van der Waals surface area (Å²) in [5.41, 5.74) is 1.95. The molecule has 30 heavy (non-hydrogen) atoms. The maximum absolute atomic E-state index is 13.6. The minimum Gasteiger partial charge on any atom is -0.334 e. The van der Waals surface area contributed by atoms with Crippen molar-refractivity contribution in [2.75, 3.05) is 18.4 Å². The van der Waals surface area contributed by atoms with Crippen molar-refractivity contribution >= 4 is 33.2 Å². The molecular formula is C19H16FN5O4S. The van der Waals surface area contributed by atoms with Gasteiger partial charge in [0.2, 0.25) is 5.91 Å². The topological polar surface area (TPSA) is 113 Å². The van der Waals surface area contributed by atoms with Crippen molar-refractivity contribution in [3.8, 4) is 0 Å². The third kappa shape index (κ3) is 2.84. The van der Waals surface area contributed by atoms with Gasteiger partial charge >= 0.3 is 6.03 Å². The molecule has 1 N–H and O–H groups in total. The van der Waals surface area contributed by atoms with Gasteiger partial charge in [0.15, 0.2) is 0 Å². The maximum Gasteiger partial charge on any atom is 0.336 e. The van der Waals surface area contributed by atoms with Crippen LogP contribution < -0.4 is 5.32 Å². The number of likely N-dealkylation sites (tertiary alicyclic amines) is 1. The summed E-state index contributed by atoms with van der Waals surface area (Å²) in [7, 11) is -4.34. The molecule has 2 aromatic rings. The first-order valence-electron chi connectivity index (χ1n) is 9.24. The monoisotopic (exact) mass is 429 g/mol. The first-order chi connectivity index (χ1) is 14.3. The summed E-state index contributed by atoms with van der Waals surface area (Å²) in [6, 6.07) is 1.94. The van der Waals surface area contributed by atoms with Crippen molar-refractivity contribution in [1.29, 1.82) is 0 Å². The van der Waals surface area contributed by atoms with Gasteiger partial charge in [-0.25, -0.2) is 31.9 Å². The number of halogens is 1. The van der Waals surface area contributed by atoms with Crippen LogP contribution in [0.15, 0.2) is 47.9 Å². The number of nitrogens with one attached hydrogen (secondary N) is 1. The molecule has 0 saturated carbocycles. The molecule has 2 bridgehead atoms. The summed E-state index contributed by atoms with van der Waals surface area (Å²) in [5.74, 6) is -1.13. The van der Waals surface area contributed by atoms with Gasteiger partial charge in [-0.1, -0.05) is 6.08 Å². The highest BCUT2D eigenvalue weighted by molar-refractivity contribution is 7.90. The van der Waals surface area contributed by atoms with Gasteiger partial charge in [0.05, 0.1) is 11.7 Å². The van der Waals surface area contributed by atoms with Crippen LogP contribution in [-0.4, -0.2) is 58.7 Å². The van der Waals surface area contributed by atoms with Crippen LogP contribution in [0, 0.1) is 11.7 Å². The predicted molar refractivity (Wildman–Crippen MR) is 103 cm³/mol. The SMILES string of the molecule is O=C(CN1C(=O)Nc2ccc(F)cc2S1(=O)=O)N1C[C@@H]2C[C@H]1C=C2c1cncnc1. The van der Waals surface area contributed by atoms with E-state index in [0.29, 0.717) is 10.8 Å². The van der Waals surface area contributed by atoms with Gasteiger partial charge in [0.25, 0.3) is 10.0 Å². The zero-order chi connectivity index (χ0) is 21.0. The molecule has 154 valence electrons. The number of hydrogen-bond acceptors (Lipinski definition) is 6. The Labute approximate surface area is 171 Å². The van der Waals surface area contributed by atoms with Crippen molar-refractivity contribution in [2.24, 2.45) is 5.92 Å². The number of sulfonamides is 1. The molecule has 11 heteroatoms. The van der Waals surface area contributed by atoms with E-state index in [1.54, 1.807) is 17.3 Å². The summed E-state index contributed by atoms with van der Waals surface area (Å²) >= 11 is 0. The molecule has 1 fully saturated rings. The van der Waals surface area contributed by atoms with Crippen molar-refractivity contribution < 1.29 is 22.4 Å².